The van der Waals surface area contributed by atoms with Gasteiger partial charge in [0, 0.05) is 6.04 Å². The molecule has 1 aromatic rings. The molecule has 0 aliphatic heterocycles. The molecule has 1 aliphatic carbocycles. The van der Waals surface area contributed by atoms with E-state index in [1.54, 1.807) is 6.07 Å². The van der Waals surface area contributed by atoms with Gasteiger partial charge in [0.25, 0.3) is 0 Å². The van der Waals surface area contributed by atoms with Crippen LogP contribution in [0.4, 0.5) is 4.39 Å². The molecule has 0 heterocycles. The number of hydrogen-bond donors (Lipinski definition) is 1. The van der Waals surface area contributed by atoms with Crippen molar-refractivity contribution in [1.82, 2.24) is 0 Å². The first-order chi connectivity index (χ1) is 6.92. The van der Waals surface area contributed by atoms with Crippen LogP contribution < -0.4 is 5.73 Å². The van der Waals surface area contributed by atoms with Crippen LogP contribution in [0, 0.1) is 24.1 Å². The molecule has 2 heteroatoms. The van der Waals surface area contributed by atoms with E-state index in [1.807, 2.05) is 13.0 Å². The lowest BCUT2D eigenvalue weighted by atomic mass is 9.94. The van der Waals surface area contributed by atoms with Crippen molar-refractivity contribution in [3.05, 3.63) is 35.1 Å². The van der Waals surface area contributed by atoms with E-state index in [0.717, 1.165) is 11.1 Å². The summed E-state index contributed by atoms with van der Waals surface area (Å²) >= 11 is 0. The van der Waals surface area contributed by atoms with E-state index in [1.165, 1.54) is 12.5 Å². The first-order valence-electron chi connectivity index (χ1n) is 5.43. The maximum absolute atomic E-state index is 12.9. The van der Waals surface area contributed by atoms with Gasteiger partial charge in [0.1, 0.15) is 5.82 Å². The van der Waals surface area contributed by atoms with Gasteiger partial charge in [0.05, 0.1) is 0 Å². The van der Waals surface area contributed by atoms with Gasteiger partial charge in [-0.3, -0.25) is 0 Å². The molecule has 1 aromatic carbocycles. The van der Waals surface area contributed by atoms with Crippen LogP contribution >= 0.6 is 0 Å². The van der Waals surface area contributed by atoms with Crippen molar-refractivity contribution >= 4 is 0 Å². The quantitative estimate of drug-likeness (QED) is 0.792. The second-order valence-electron chi connectivity index (χ2n) is 5.33. The van der Waals surface area contributed by atoms with E-state index < -0.39 is 0 Å². The third-order valence-corrected chi connectivity index (χ3v) is 3.61. The second-order valence-corrected chi connectivity index (χ2v) is 5.33. The van der Waals surface area contributed by atoms with E-state index >= 15 is 0 Å². The van der Waals surface area contributed by atoms with Crippen LogP contribution in [0.25, 0.3) is 0 Å². The largest absolute Gasteiger partial charge is 0.324 e. The molecular weight excluding hydrogens is 189 g/mol. The maximum Gasteiger partial charge on any atom is 0.123 e. The summed E-state index contributed by atoms with van der Waals surface area (Å²) < 4.78 is 12.9. The Kier molecular flexibility index (Phi) is 2.34. The molecule has 1 nitrogen and oxygen atoms in total. The Morgan fingerprint density at radius 2 is 2.07 bits per heavy atom. The molecule has 2 rings (SSSR count). The molecule has 0 bridgehead atoms. The molecule has 2 atom stereocenters. The van der Waals surface area contributed by atoms with Crippen LogP contribution in [0.3, 0.4) is 0 Å². The minimum absolute atomic E-state index is 0.0561. The van der Waals surface area contributed by atoms with Crippen molar-refractivity contribution in [3.63, 3.8) is 0 Å². The monoisotopic (exact) mass is 207 g/mol. The van der Waals surface area contributed by atoms with Gasteiger partial charge < -0.3 is 5.73 Å². The Hall–Kier alpha value is -0.890. The first kappa shape index (κ1) is 10.6. The Bertz CT molecular complexity index is 384. The van der Waals surface area contributed by atoms with Gasteiger partial charge in [-0.15, -0.1) is 0 Å². The van der Waals surface area contributed by atoms with Crippen molar-refractivity contribution in [3.8, 4) is 0 Å². The molecule has 1 saturated carbocycles. The standard InChI is InChI=1S/C13H18FN/c1-8-6-9(14)4-5-10(8)12(15)11-7-13(11,2)3/h4-6,11-12H,7,15H2,1-3H3. The highest BCUT2D eigenvalue weighted by atomic mass is 19.1. The highest BCUT2D eigenvalue weighted by Gasteiger charge is 2.49. The predicted octanol–water partition coefficient (Wildman–Crippen LogP) is 3.18. The number of rotatable bonds is 2. The van der Waals surface area contributed by atoms with Gasteiger partial charge in [0.15, 0.2) is 0 Å². The minimum Gasteiger partial charge on any atom is -0.324 e. The minimum atomic E-state index is -0.182. The summed E-state index contributed by atoms with van der Waals surface area (Å²) in [6.45, 7) is 6.39. The summed E-state index contributed by atoms with van der Waals surface area (Å²) in [6, 6.07) is 4.94. The van der Waals surface area contributed by atoms with Gasteiger partial charge in [-0.2, -0.15) is 0 Å². The average molecular weight is 207 g/mol. The van der Waals surface area contributed by atoms with Gasteiger partial charge in [-0.05, 0) is 47.9 Å². The molecule has 2 unspecified atom stereocenters. The number of benzene rings is 1. The van der Waals surface area contributed by atoms with Crippen LogP contribution in [0.2, 0.25) is 0 Å². The number of aryl methyl sites for hydroxylation is 1. The molecule has 0 saturated heterocycles. The highest BCUT2D eigenvalue weighted by molar-refractivity contribution is 5.31. The second kappa shape index (κ2) is 3.31. The van der Waals surface area contributed by atoms with Crippen LogP contribution in [-0.4, -0.2) is 0 Å². The van der Waals surface area contributed by atoms with E-state index in [4.69, 9.17) is 5.73 Å². The van der Waals surface area contributed by atoms with E-state index in [0.29, 0.717) is 11.3 Å². The Morgan fingerprint density at radius 1 is 1.47 bits per heavy atom. The molecule has 15 heavy (non-hydrogen) atoms. The summed E-state index contributed by atoms with van der Waals surface area (Å²) in [5.41, 5.74) is 8.62. The van der Waals surface area contributed by atoms with Crippen molar-refractivity contribution < 1.29 is 4.39 Å². The van der Waals surface area contributed by atoms with Crippen molar-refractivity contribution in [2.24, 2.45) is 17.1 Å². The number of hydrogen-bond acceptors (Lipinski definition) is 1. The molecule has 0 spiro atoms. The van der Waals surface area contributed by atoms with E-state index in [2.05, 4.69) is 13.8 Å². The third-order valence-electron chi connectivity index (χ3n) is 3.61. The zero-order valence-electron chi connectivity index (χ0n) is 9.55. The van der Waals surface area contributed by atoms with Gasteiger partial charge in [-0.1, -0.05) is 19.9 Å². The highest BCUT2D eigenvalue weighted by Crippen LogP contribution is 2.57. The first-order valence-corrected chi connectivity index (χ1v) is 5.43. The summed E-state index contributed by atoms with van der Waals surface area (Å²) in [7, 11) is 0. The lowest BCUT2D eigenvalue weighted by molar-refractivity contribution is 0.489. The third kappa shape index (κ3) is 1.91. The van der Waals surface area contributed by atoms with E-state index in [9.17, 15) is 4.39 Å². The normalized spacial score (nSPS) is 25.0. The molecule has 1 fully saturated rings. The maximum atomic E-state index is 12.9. The molecule has 0 amide bonds. The summed E-state index contributed by atoms with van der Waals surface area (Å²) in [5, 5.41) is 0. The molecule has 1 aliphatic rings. The van der Waals surface area contributed by atoms with Gasteiger partial charge in [0.2, 0.25) is 0 Å². The summed E-state index contributed by atoms with van der Waals surface area (Å²) in [4.78, 5) is 0. The van der Waals surface area contributed by atoms with Crippen molar-refractivity contribution in [1.29, 1.82) is 0 Å². The fourth-order valence-electron chi connectivity index (χ4n) is 2.35. The van der Waals surface area contributed by atoms with Crippen molar-refractivity contribution in [2.75, 3.05) is 0 Å². The van der Waals surface area contributed by atoms with Crippen LogP contribution in [-0.2, 0) is 0 Å². The summed E-state index contributed by atoms with van der Waals surface area (Å²) in [6.07, 6.45) is 1.17. The predicted molar refractivity (Wildman–Crippen MR) is 60.0 cm³/mol. The van der Waals surface area contributed by atoms with Gasteiger partial charge in [-0.25, -0.2) is 4.39 Å². The topological polar surface area (TPSA) is 26.0 Å². The Labute approximate surface area is 90.5 Å². The molecular formula is C13H18FN. The van der Waals surface area contributed by atoms with Gasteiger partial charge >= 0.3 is 0 Å². The zero-order valence-corrected chi connectivity index (χ0v) is 9.55. The summed E-state index contributed by atoms with van der Waals surface area (Å²) in [5.74, 6) is 0.361. The lowest BCUT2D eigenvalue weighted by Crippen LogP contribution is -2.16. The van der Waals surface area contributed by atoms with E-state index in [-0.39, 0.29) is 11.9 Å². The Morgan fingerprint density at radius 3 is 2.53 bits per heavy atom. The fraction of sp³-hybridized carbons (Fsp3) is 0.538. The van der Waals surface area contributed by atoms with Crippen LogP contribution in [0.15, 0.2) is 18.2 Å². The SMILES string of the molecule is Cc1cc(F)ccc1C(N)C1CC1(C)C. The molecule has 0 radical (unpaired) electrons. The molecule has 2 N–H and O–H groups in total. The number of nitrogens with two attached hydrogens (primary N) is 1. The smallest absolute Gasteiger partial charge is 0.123 e. The molecule has 82 valence electrons. The zero-order chi connectivity index (χ0) is 11.2. The fourth-order valence-corrected chi connectivity index (χ4v) is 2.35. The lowest BCUT2D eigenvalue weighted by Gasteiger charge is -2.16. The van der Waals surface area contributed by atoms with Crippen LogP contribution in [0.1, 0.15) is 37.4 Å². The Balaban J connectivity index is 2.23. The number of halogens is 1. The van der Waals surface area contributed by atoms with Crippen molar-refractivity contribution in [2.45, 2.75) is 33.2 Å². The average Bonchev–Trinajstić information content (AvgIpc) is 2.74. The van der Waals surface area contributed by atoms with Crippen LogP contribution in [0.5, 0.6) is 0 Å². The molecule has 0 aromatic heterocycles.